The van der Waals surface area contributed by atoms with Crippen molar-refractivity contribution < 1.29 is 23.5 Å². The number of hydrogen-bond donors (Lipinski definition) is 3. The molecule has 1 aliphatic rings. The Morgan fingerprint density at radius 3 is 2.39 bits per heavy atom. The number of aliphatic hydroxyl groups is 1. The highest BCUT2D eigenvalue weighted by Crippen LogP contribution is 2.26. The van der Waals surface area contributed by atoms with Gasteiger partial charge in [-0.1, -0.05) is 25.7 Å². The molecular weight excluding hydrogens is 306 g/mol. The van der Waals surface area contributed by atoms with Gasteiger partial charge >= 0.3 is 11.8 Å². The highest BCUT2D eigenvalue weighted by molar-refractivity contribution is 6.39. The van der Waals surface area contributed by atoms with Crippen molar-refractivity contribution in [3.8, 4) is 0 Å². The van der Waals surface area contributed by atoms with E-state index in [1.165, 1.54) is 0 Å². The Balaban J connectivity index is 1.89. The molecule has 2 rings (SSSR count). The molecule has 3 N–H and O–H groups in total. The lowest BCUT2D eigenvalue weighted by Gasteiger charge is -2.26. The smallest absolute Gasteiger partial charge is 0.313 e. The SMILES string of the molecule is O=C(NCC1(O)CCCCCC1)C(=O)Nc1cc(F)ccc1F. The molecule has 0 heterocycles. The molecule has 126 valence electrons. The zero-order valence-corrected chi connectivity index (χ0v) is 12.7. The third-order valence-corrected chi connectivity index (χ3v) is 4.00. The minimum atomic E-state index is -1.10. The molecule has 0 bridgehead atoms. The number of hydrogen-bond acceptors (Lipinski definition) is 3. The predicted molar refractivity (Wildman–Crippen MR) is 80.6 cm³/mol. The Bertz CT molecular complexity index is 585. The van der Waals surface area contributed by atoms with Gasteiger partial charge in [-0.3, -0.25) is 9.59 Å². The fourth-order valence-corrected chi connectivity index (χ4v) is 2.66. The first-order valence-electron chi connectivity index (χ1n) is 7.66. The number of carbonyl (C=O) groups is 2. The van der Waals surface area contributed by atoms with E-state index in [-0.39, 0.29) is 6.54 Å². The van der Waals surface area contributed by atoms with Crippen molar-refractivity contribution in [2.75, 3.05) is 11.9 Å². The molecule has 7 heteroatoms. The average Bonchev–Trinajstić information content (AvgIpc) is 2.73. The van der Waals surface area contributed by atoms with Crippen LogP contribution in [0, 0.1) is 11.6 Å². The van der Waals surface area contributed by atoms with Crippen LogP contribution in [0.1, 0.15) is 38.5 Å². The summed E-state index contributed by atoms with van der Waals surface area (Å²) in [5, 5.41) is 14.8. The number of carbonyl (C=O) groups excluding carboxylic acids is 2. The second-order valence-electron chi connectivity index (χ2n) is 5.90. The second kappa shape index (κ2) is 7.50. The number of nitrogens with one attached hydrogen (secondary N) is 2. The van der Waals surface area contributed by atoms with Gasteiger partial charge in [-0.05, 0) is 25.0 Å². The fraction of sp³-hybridized carbons (Fsp3) is 0.500. The molecule has 1 aromatic rings. The van der Waals surface area contributed by atoms with E-state index in [4.69, 9.17) is 0 Å². The topological polar surface area (TPSA) is 78.4 Å². The zero-order chi connectivity index (χ0) is 16.9. The van der Waals surface area contributed by atoms with Crippen molar-refractivity contribution >= 4 is 17.5 Å². The minimum Gasteiger partial charge on any atom is -0.388 e. The molecule has 1 saturated carbocycles. The number of benzene rings is 1. The van der Waals surface area contributed by atoms with Gasteiger partial charge in [0.1, 0.15) is 11.6 Å². The van der Waals surface area contributed by atoms with Crippen molar-refractivity contribution in [3.63, 3.8) is 0 Å². The van der Waals surface area contributed by atoms with Gasteiger partial charge in [0.15, 0.2) is 0 Å². The summed E-state index contributed by atoms with van der Waals surface area (Å²) >= 11 is 0. The maximum absolute atomic E-state index is 13.4. The monoisotopic (exact) mass is 326 g/mol. The molecule has 1 aromatic carbocycles. The quantitative estimate of drug-likeness (QED) is 0.588. The summed E-state index contributed by atoms with van der Waals surface area (Å²) in [7, 11) is 0. The first-order valence-corrected chi connectivity index (χ1v) is 7.66. The van der Waals surface area contributed by atoms with Crippen LogP contribution in [0.4, 0.5) is 14.5 Å². The zero-order valence-electron chi connectivity index (χ0n) is 12.7. The third kappa shape index (κ3) is 4.99. The summed E-state index contributed by atoms with van der Waals surface area (Å²) in [4.78, 5) is 23.5. The van der Waals surface area contributed by atoms with Crippen LogP contribution in [0.25, 0.3) is 0 Å². The molecule has 0 unspecified atom stereocenters. The van der Waals surface area contributed by atoms with E-state index >= 15 is 0 Å². The Labute approximate surface area is 133 Å². The minimum absolute atomic E-state index is 0.0368. The number of anilines is 1. The maximum atomic E-state index is 13.4. The van der Waals surface area contributed by atoms with Crippen molar-refractivity contribution in [2.45, 2.75) is 44.1 Å². The van der Waals surface area contributed by atoms with Crippen LogP contribution in [0.3, 0.4) is 0 Å². The standard InChI is InChI=1S/C16H20F2N2O3/c17-11-5-6-12(18)13(9-11)20-15(22)14(21)19-10-16(23)7-3-1-2-4-8-16/h5-6,9,23H,1-4,7-8,10H2,(H,19,21)(H,20,22). The summed E-state index contributed by atoms with van der Waals surface area (Å²) in [5.74, 6) is -3.66. The van der Waals surface area contributed by atoms with Crippen LogP contribution in [-0.4, -0.2) is 29.1 Å². The largest absolute Gasteiger partial charge is 0.388 e. The summed E-state index contributed by atoms with van der Waals surface area (Å²) < 4.78 is 26.4. The normalized spacial score (nSPS) is 17.2. The Kier molecular flexibility index (Phi) is 5.65. The van der Waals surface area contributed by atoms with Gasteiger partial charge < -0.3 is 15.7 Å². The van der Waals surface area contributed by atoms with Crippen molar-refractivity contribution in [3.05, 3.63) is 29.8 Å². The number of amides is 2. The number of rotatable bonds is 3. The van der Waals surface area contributed by atoms with Crippen molar-refractivity contribution in [2.24, 2.45) is 0 Å². The van der Waals surface area contributed by atoms with E-state index in [9.17, 15) is 23.5 Å². The van der Waals surface area contributed by atoms with Gasteiger partial charge in [-0.25, -0.2) is 8.78 Å². The average molecular weight is 326 g/mol. The van der Waals surface area contributed by atoms with E-state index in [2.05, 4.69) is 5.32 Å². The third-order valence-electron chi connectivity index (χ3n) is 4.00. The lowest BCUT2D eigenvalue weighted by Crippen LogP contribution is -2.46. The highest BCUT2D eigenvalue weighted by Gasteiger charge is 2.29. The van der Waals surface area contributed by atoms with E-state index in [1.54, 1.807) is 0 Å². The van der Waals surface area contributed by atoms with E-state index in [0.717, 1.165) is 43.9 Å². The van der Waals surface area contributed by atoms with Crippen LogP contribution in [0.5, 0.6) is 0 Å². The van der Waals surface area contributed by atoms with Gasteiger partial charge in [0, 0.05) is 12.6 Å². The molecule has 0 spiro atoms. The van der Waals surface area contributed by atoms with E-state index in [0.29, 0.717) is 12.8 Å². The van der Waals surface area contributed by atoms with Gasteiger partial charge in [0.2, 0.25) is 0 Å². The van der Waals surface area contributed by atoms with Gasteiger partial charge in [0.05, 0.1) is 11.3 Å². The first-order chi connectivity index (χ1) is 10.9. The predicted octanol–water partition coefficient (Wildman–Crippen LogP) is 2.10. The van der Waals surface area contributed by atoms with Crippen LogP contribution in [0.15, 0.2) is 18.2 Å². The maximum Gasteiger partial charge on any atom is 0.313 e. The summed E-state index contributed by atoms with van der Waals surface area (Å²) in [6, 6.07) is 2.56. The molecule has 0 aromatic heterocycles. The lowest BCUT2D eigenvalue weighted by atomic mass is 9.94. The molecule has 0 atom stereocenters. The Morgan fingerprint density at radius 2 is 1.74 bits per heavy atom. The fourth-order valence-electron chi connectivity index (χ4n) is 2.66. The Hall–Kier alpha value is -2.02. The molecule has 0 radical (unpaired) electrons. The van der Waals surface area contributed by atoms with Crippen LogP contribution in [0.2, 0.25) is 0 Å². The molecule has 1 fully saturated rings. The molecule has 23 heavy (non-hydrogen) atoms. The molecule has 2 amide bonds. The first kappa shape index (κ1) is 17.3. The molecule has 5 nitrogen and oxygen atoms in total. The Morgan fingerprint density at radius 1 is 1.09 bits per heavy atom. The van der Waals surface area contributed by atoms with E-state index < -0.39 is 34.7 Å². The van der Waals surface area contributed by atoms with Crippen molar-refractivity contribution in [1.82, 2.24) is 5.32 Å². The van der Waals surface area contributed by atoms with Crippen LogP contribution >= 0.6 is 0 Å². The lowest BCUT2D eigenvalue weighted by molar-refractivity contribution is -0.137. The number of halogens is 2. The molecule has 0 saturated heterocycles. The molecule has 0 aliphatic heterocycles. The molecule has 1 aliphatic carbocycles. The van der Waals surface area contributed by atoms with Gasteiger partial charge in [0.25, 0.3) is 0 Å². The van der Waals surface area contributed by atoms with E-state index in [1.807, 2.05) is 5.32 Å². The van der Waals surface area contributed by atoms with Crippen molar-refractivity contribution in [1.29, 1.82) is 0 Å². The van der Waals surface area contributed by atoms with Crippen LogP contribution in [-0.2, 0) is 9.59 Å². The highest BCUT2D eigenvalue weighted by atomic mass is 19.1. The van der Waals surface area contributed by atoms with Crippen LogP contribution < -0.4 is 10.6 Å². The second-order valence-corrected chi connectivity index (χ2v) is 5.90. The molecular formula is C16H20F2N2O3. The van der Waals surface area contributed by atoms with Gasteiger partial charge in [-0.2, -0.15) is 0 Å². The summed E-state index contributed by atoms with van der Waals surface area (Å²) in [6.45, 7) is -0.0368. The summed E-state index contributed by atoms with van der Waals surface area (Å²) in [5.41, 5.74) is -1.42. The summed E-state index contributed by atoms with van der Waals surface area (Å²) in [6.07, 6.45) is 4.94. The van der Waals surface area contributed by atoms with Gasteiger partial charge in [-0.15, -0.1) is 0 Å².